The number of alkyl halides is 2. The molecule has 3 saturated carbocycles. The van der Waals surface area contributed by atoms with Gasteiger partial charge >= 0.3 is 13.4 Å². The average Bonchev–Trinajstić information content (AvgIpc) is 4.08. The maximum atomic E-state index is 12.2. The van der Waals surface area contributed by atoms with Crippen LogP contribution < -0.4 is 16.5 Å². The fraction of sp³-hybridized carbons (Fsp3) is 0.905. The largest absolute Gasteiger partial charge is 0.394 e. The number of rotatable bonds is 10. The van der Waals surface area contributed by atoms with Crippen molar-refractivity contribution in [1.29, 1.82) is 0 Å². The third kappa shape index (κ3) is 11.9. The molecular weight excluding hydrogens is 893 g/mol. The minimum absolute atomic E-state index is 0.0537. The van der Waals surface area contributed by atoms with E-state index in [1.165, 1.54) is 103 Å². The number of aromatic nitrogens is 2. The van der Waals surface area contributed by atoms with Crippen molar-refractivity contribution in [2.75, 3.05) is 89.6 Å². The van der Waals surface area contributed by atoms with Gasteiger partial charge in [0.1, 0.15) is 30.6 Å². The second-order valence-electron chi connectivity index (χ2n) is 19.7. The Hall–Kier alpha value is -0.260. The molecule has 8 fully saturated rings. The monoisotopic (exact) mass is 968 g/mol. The minimum Gasteiger partial charge on any atom is -0.394 e. The highest BCUT2D eigenvalue weighted by atomic mass is 35.5. The SMILES string of the molecule is C[C@@H]1CCC[C@@]2(C)CC[C@H]3[C@H](C)CC[C@@H](C[C@H]12)C3(C)C.Nc1ccn([C@@H]2O[C@H](CO)[C@@H](O)[C@@H]2O)c(=O)n1.O=P1(N(CCCl)CCCl)NCCCO1.S=P(N1CC1)(N1CC1)N1CC1. The molecule has 9 rings (SSSR count). The fourth-order valence-corrected chi connectivity index (χ4v) is 18.1. The van der Waals surface area contributed by atoms with Gasteiger partial charge in [-0.2, -0.15) is 4.98 Å². The smallest absolute Gasteiger partial charge is 0.351 e. The van der Waals surface area contributed by atoms with Crippen molar-refractivity contribution in [2.45, 2.75) is 117 Å². The van der Waals surface area contributed by atoms with Gasteiger partial charge in [-0.15, -0.1) is 23.2 Å². The summed E-state index contributed by atoms with van der Waals surface area (Å²) in [7, 11) is -2.84. The Labute approximate surface area is 385 Å². The molecule has 1 aromatic rings. The van der Waals surface area contributed by atoms with Crippen molar-refractivity contribution in [3.8, 4) is 0 Å². The molecule has 0 spiro atoms. The van der Waals surface area contributed by atoms with E-state index in [0.717, 1.165) is 47.1 Å². The number of hydrogen-bond donors (Lipinski definition) is 5. The second-order valence-corrected chi connectivity index (χ2v) is 26.8. The molecule has 6 heterocycles. The van der Waals surface area contributed by atoms with E-state index in [1.807, 2.05) is 0 Å². The van der Waals surface area contributed by atoms with E-state index >= 15 is 0 Å². The summed E-state index contributed by atoms with van der Waals surface area (Å²) in [4.78, 5) is 15.0. The first-order valence-corrected chi connectivity index (χ1v) is 28.4. The first kappa shape index (κ1) is 51.1. The van der Waals surface area contributed by atoms with Crippen LogP contribution in [0, 0.1) is 40.4 Å². The lowest BCUT2D eigenvalue weighted by Gasteiger charge is -2.57. The Kier molecular flexibility index (Phi) is 18.0. The van der Waals surface area contributed by atoms with Crippen molar-refractivity contribution < 1.29 is 29.1 Å². The van der Waals surface area contributed by atoms with Crippen LogP contribution in [0.25, 0.3) is 0 Å². The lowest BCUT2D eigenvalue weighted by atomic mass is 9.48. The van der Waals surface area contributed by atoms with Crippen LogP contribution in [0.1, 0.15) is 98.6 Å². The number of halogens is 2. The summed E-state index contributed by atoms with van der Waals surface area (Å²) in [5.41, 5.74) is 5.89. The normalized spacial score (nSPS) is 37.8. The highest BCUT2D eigenvalue weighted by molar-refractivity contribution is 8.11. The molecule has 0 aromatic carbocycles. The Morgan fingerprint density at radius 2 is 1.56 bits per heavy atom. The molecule has 62 heavy (non-hydrogen) atoms. The molecule has 1 aromatic heterocycles. The van der Waals surface area contributed by atoms with Gasteiger partial charge in [0.2, 0.25) is 0 Å². The predicted octanol–water partition coefficient (Wildman–Crippen LogP) is 5.78. The van der Waals surface area contributed by atoms with Crippen molar-refractivity contribution >= 4 is 55.0 Å². The molecule has 8 aliphatic rings. The summed E-state index contributed by atoms with van der Waals surface area (Å²) < 4.78 is 32.8. The Balaban J connectivity index is 0.000000141. The number of aliphatic hydroxyl groups is 3. The van der Waals surface area contributed by atoms with E-state index in [0.29, 0.717) is 42.3 Å². The van der Waals surface area contributed by atoms with Crippen LogP contribution in [-0.2, 0) is 25.6 Å². The summed E-state index contributed by atoms with van der Waals surface area (Å²) in [6.45, 7) is 21.1. The van der Waals surface area contributed by atoms with E-state index in [4.69, 9.17) is 55.1 Å². The van der Waals surface area contributed by atoms with Gasteiger partial charge in [0.15, 0.2) is 6.23 Å². The van der Waals surface area contributed by atoms with E-state index in [-0.39, 0.29) is 5.82 Å². The zero-order chi connectivity index (χ0) is 45.0. The number of nitrogens with one attached hydrogen (secondary N) is 1. The quantitative estimate of drug-likeness (QED) is 0.108. The molecule has 5 aliphatic heterocycles. The first-order chi connectivity index (χ1) is 29.4. The number of nitrogens with two attached hydrogens (primary N) is 1. The number of nitrogens with zero attached hydrogens (tertiary/aromatic N) is 6. The molecule has 3 aliphatic carbocycles. The van der Waals surface area contributed by atoms with Gasteiger partial charge in [0.05, 0.1) is 13.2 Å². The highest BCUT2D eigenvalue weighted by Crippen LogP contribution is 2.65. The predicted molar refractivity (Wildman–Crippen MR) is 252 cm³/mol. The van der Waals surface area contributed by atoms with Crippen LogP contribution in [0.15, 0.2) is 17.1 Å². The zero-order valence-corrected chi connectivity index (χ0v) is 41.8. The van der Waals surface area contributed by atoms with E-state index in [9.17, 15) is 19.6 Å². The Morgan fingerprint density at radius 1 is 0.952 bits per heavy atom. The number of anilines is 1. The molecule has 5 saturated heterocycles. The van der Waals surface area contributed by atoms with Crippen LogP contribution >= 0.6 is 37.4 Å². The lowest BCUT2D eigenvalue weighted by molar-refractivity contribution is -0.0692. The maximum absolute atomic E-state index is 12.2. The molecule has 356 valence electrons. The Bertz CT molecular complexity index is 1720. The molecule has 0 amide bonds. The van der Waals surface area contributed by atoms with Gasteiger partial charge in [-0.3, -0.25) is 9.13 Å². The third-order valence-corrected chi connectivity index (χ3v) is 23.3. The number of nitrogen functional groups attached to an aromatic ring is 1. The van der Waals surface area contributed by atoms with Gasteiger partial charge in [-0.05, 0) is 96.8 Å². The van der Waals surface area contributed by atoms with Gasteiger partial charge in [-0.25, -0.2) is 28.6 Å². The summed E-state index contributed by atoms with van der Waals surface area (Å²) in [5, 5.41) is 31.1. The highest BCUT2D eigenvalue weighted by Gasteiger charge is 2.52. The third-order valence-electron chi connectivity index (χ3n) is 15.2. The summed E-state index contributed by atoms with van der Waals surface area (Å²) in [6, 6.07) is 1.37. The standard InChI is InChI=1S/C20H36.C9H13N3O5.C7H15Cl2N2O2P.C6H12N3PS/c1-14-7-6-11-20(5)12-10-17-15(2)8-9-16(13-18(14)20)19(17,3)4;10-5-1-2-12(9(16)11-5)8-7(15)6(14)4(3-13)17-8;8-2-5-11(6-3-9)14(12)10-4-1-7-13-14;11-10(7-1-2-7,8-3-4-8)9-5-6-9/h14-18H,6-13H2,1-5H3;1-2,4,6-8,13-15H,3H2,(H2,10,11,16);1-7H2,(H,10,12);1-6H2/t14-,15-,16+,17+,18-,20+;4-,6-,7+,8-;;/m11../s1. The summed E-state index contributed by atoms with van der Waals surface area (Å²) >= 11 is 17.0. The number of aliphatic hydroxyl groups excluding tert-OH is 3. The summed E-state index contributed by atoms with van der Waals surface area (Å²) in [5.74, 6) is 5.82. The van der Waals surface area contributed by atoms with Crippen LogP contribution in [0.3, 0.4) is 0 Å². The van der Waals surface area contributed by atoms with Crippen molar-refractivity contribution in [3.63, 3.8) is 0 Å². The van der Waals surface area contributed by atoms with Gasteiger partial charge < -0.3 is 30.3 Å². The Morgan fingerprint density at radius 3 is 2.08 bits per heavy atom. The van der Waals surface area contributed by atoms with Gasteiger partial charge in [0.25, 0.3) is 0 Å². The number of hydrogen-bond acceptors (Lipinski definition) is 10. The second kappa shape index (κ2) is 21.8. The molecule has 1 unspecified atom stereocenters. The average molecular weight is 970 g/mol. The fourth-order valence-electron chi connectivity index (χ4n) is 11.1. The van der Waals surface area contributed by atoms with E-state index in [1.54, 1.807) is 4.67 Å². The molecule has 11 atom stereocenters. The molecule has 0 radical (unpaired) electrons. The zero-order valence-electron chi connectivity index (χ0n) is 37.7. The van der Waals surface area contributed by atoms with Gasteiger partial charge in [-0.1, -0.05) is 53.9 Å². The molecule has 15 nitrogen and oxygen atoms in total. The van der Waals surface area contributed by atoms with Crippen molar-refractivity contribution in [3.05, 3.63) is 22.7 Å². The molecular formula is C42H76Cl2N8O7P2S. The number of fused-ring (bicyclic) bond motifs is 3. The first-order valence-electron chi connectivity index (χ1n) is 23.1. The van der Waals surface area contributed by atoms with Crippen LogP contribution in [0.5, 0.6) is 0 Å². The van der Waals surface area contributed by atoms with Crippen LogP contribution in [0.2, 0.25) is 0 Å². The van der Waals surface area contributed by atoms with Crippen molar-refractivity contribution in [1.82, 2.24) is 33.3 Å². The van der Waals surface area contributed by atoms with Crippen LogP contribution in [-0.4, -0.2) is 146 Å². The lowest BCUT2D eigenvalue weighted by Crippen LogP contribution is -2.48. The molecule has 2 bridgehead atoms. The van der Waals surface area contributed by atoms with E-state index in [2.05, 4.69) is 58.7 Å². The van der Waals surface area contributed by atoms with Crippen molar-refractivity contribution in [2.24, 2.45) is 40.4 Å². The topological polar surface area (TPSA) is 181 Å². The van der Waals surface area contributed by atoms with E-state index < -0.39 is 51.0 Å². The maximum Gasteiger partial charge on any atom is 0.351 e. The number of ether oxygens (including phenoxy) is 1. The minimum atomic E-state index is -2.84. The van der Waals surface area contributed by atoms with Crippen LogP contribution in [0.4, 0.5) is 5.82 Å². The summed E-state index contributed by atoms with van der Waals surface area (Å²) in [6.07, 6.45) is 9.66. The molecule has 6 N–H and O–H groups in total. The molecule has 20 heteroatoms. The van der Waals surface area contributed by atoms with Gasteiger partial charge in [0, 0.05) is 76.9 Å².